The first-order chi connectivity index (χ1) is 10.5. The zero-order valence-electron chi connectivity index (χ0n) is 12.6. The lowest BCUT2D eigenvalue weighted by Crippen LogP contribution is -2.23. The molecule has 0 aliphatic heterocycles. The minimum absolute atomic E-state index is 0.0837. The van der Waals surface area contributed by atoms with Gasteiger partial charge in [0.15, 0.2) is 6.61 Å². The summed E-state index contributed by atoms with van der Waals surface area (Å²) in [6, 6.07) is 6.52. The van der Waals surface area contributed by atoms with Crippen molar-refractivity contribution in [3.63, 3.8) is 0 Å². The number of nitrogens with one attached hydrogen (secondary N) is 1. The highest BCUT2D eigenvalue weighted by Crippen LogP contribution is 2.38. The second-order valence-electron chi connectivity index (χ2n) is 5.24. The van der Waals surface area contributed by atoms with E-state index in [0.717, 1.165) is 6.42 Å². The molecule has 0 saturated heterocycles. The number of hydrogen-bond acceptors (Lipinski definition) is 5. The van der Waals surface area contributed by atoms with Crippen LogP contribution in [0.4, 0.5) is 5.69 Å². The van der Waals surface area contributed by atoms with Gasteiger partial charge in [0.2, 0.25) is 0 Å². The molecule has 22 heavy (non-hydrogen) atoms. The summed E-state index contributed by atoms with van der Waals surface area (Å²) >= 11 is 0. The van der Waals surface area contributed by atoms with Crippen LogP contribution >= 0.6 is 0 Å². The third-order valence-corrected chi connectivity index (χ3v) is 3.45. The number of para-hydroxylation sites is 1. The van der Waals surface area contributed by atoms with Crippen LogP contribution in [-0.2, 0) is 19.1 Å². The second-order valence-corrected chi connectivity index (χ2v) is 5.24. The third kappa shape index (κ3) is 4.07. The third-order valence-electron chi connectivity index (χ3n) is 3.45. The van der Waals surface area contributed by atoms with E-state index in [1.165, 1.54) is 0 Å². The SMILES string of the molecule is CCOC(=O)c1ccccc1NC(=O)COC(=O)[C@H]1C[C@@H]1C. The molecule has 1 aromatic rings. The van der Waals surface area contributed by atoms with E-state index in [0.29, 0.717) is 11.6 Å². The smallest absolute Gasteiger partial charge is 0.340 e. The molecule has 1 aromatic carbocycles. The molecule has 1 amide bonds. The molecular formula is C16H19NO5. The molecule has 6 nitrogen and oxygen atoms in total. The van der Waals surface area contributed by atoms with Crippen LogP contribution in [0.15, 0.2) is 24.3 Å². The Kier molecular flexibility index (Phi) is 5.14. The first-order valence-electron chi connectivity index (χ1n) is 7.25. The van der Waals surface area contributed by atoms with Gasteiger partial charge in [-0.3, -0.25) is 9.59 Å². The molecule has 0 bridgehead atoms. The summed E-state index contributed by atoms with van der Waals surface area (Å²) in [4.78, 5) is 35.2. The highest BCUT2D eigenvalue weighted by atomic mass is 16.5. The summed E-state index contributed by atoms with van der Waals surface area (Å²) in [5.74, 6) is -1.10. The maximum Gasteiger partial charge on any atom is 0.340 e. The molecule has 0 radical (unpaired) electrons. The lowest BCUT2D eigenvalue weighted by atomic mass is 10.2. The van der Waals surface area contributed by atoms with Crippen LogP contribution in [0.2, 0.25) is 0 Å². The summed E-state index contributed by atoms with van der Waals surface area (Å²) < 4.78 is 9.88. The molecular weight excluding hydrogens is 286 g/mol. The Bertz CT molecular complexity index is 584. The minimum atomic E-state index is -0.512. The molecule has 118 valence electrons. The lowest BCUT2D eigenvalue weighted by molar-refractivity contribution is -0.148. The van der Waals surface area contributed by atoms with Crippen molar-refractivity contribution in [2.75, 3.05) is 18.5 Å². The highest BCUT2D eigenvalue weighted by Gasteiger charge is 2.40. The number of carbonyl (C=O) groups excluding carboxylic acids is 3. The van der Waals surface area contributed by atoms with Crippen LogP contribution in [0.5, 0.6) is 0 Å². The Morgan fingerprint density at radius 3 is 2.55 bits per heavy atom. The number of anilines is 1. The Hall–Kier alpha value is -2.37. The molecule has 1 aliphatic rings. The number of carbonyl (C=O) groups is 3. The monoisotopic (exact) mass is 305 g/mol. The van der Waals surface area contributed by atoms with E-state index in [-0.39, 0.29) is 30.7 Å². The van der Waals surface area contributed by atoms with Crippen LogP contribution in [0.3, 0.4) is 0 Å². The van der Waals surface area contributed by atoms with Gasteiger partial charge in [-0.25, -0.2) is 4.79 Å². The molecule has 0 aromatic heterocycles. The van der Waals surface area contributed by atoms with Crippen LogP contribution in [-0.4, -0.2) is 31.1 Å². The van der Waals surface area contributed by atoms with Gasteiger partial charge in [0, 0.05) is 0 Å². The zero-order chi connectivity index (χ0) is 16.1. The van der Waals surface area contributed by atoms with Crippen LogP contribution in [0, 0.1) is 11.8 Å². The molecule has 1 saturated carbocycles. The standard InChI is InChI=1S/C16H19NO5/c1-3-21-15(19)11-6-4-5-7-13(11)17-14(18)9-22-16(20)12-8-10(12)2/h4-7,10,12H,3,8-9H2,1-2H3,(H,17,18)/t10-,12-/m0/s1. The van der Waals surface area contributed by atoms with Crippen LogP contribution < -0.4 is 5.32 Å². The van der Waals surface area contributed by atoms with Crippen LogP contribution in [0.1, 0.15) is 30.6 Å². The molecule has 1 N–H and O–H groups in total. The van der Waals surface area contributed by atoms with Crippen molar-refractivity contribution in [2.24, 2.45) is 11.8 Å². The van der Waals surface area contributed by atoms with Crippen molar-refractivity contribution in [2.45, 2.75) is 20.3 Å². The number of esters is 2. The van der Waals surface area contributed by atoms with Crippen LogP contribution in [0.25, 0.3) is 0 Å². The quantitative estimate of drug-likeness (QED) is 0.813. The van der Waals surface area contributed by atoms with E-state index in [9.17, 15) is 14.4 Å². The summed E-state index contributed by atoms with van der Waals surface area (Å²) in [6.45, 7) is 3.55. The number of hydrogen-bond donors (Lipinski definition) is 1. The second kappa shape index (κ2) is 7.06. The van der Waals surface area contributed by atoms with Gasteiger partial charge < -0.3 is 14.8 Å². The fourth-order valence-corrected chi connectivity index (χ4v) is 2.06. The maximum absolute atomic E-state index is 11.8. The predicted octanol–water partition coefficient (Wildman–Crippen LogP) is 2.00. The van der Waals surface area contributed by atoms with Gasteiger partial charge in [0.1, 0.15) is 0 Å². The van der Waals surface area contributed by atoms with Gasteiger partial charge in [0.05, 0.1) is 23.8 Å². The Balaban J connectivity index is 1.91. The normalized spacial score (nSPS) is 19.2. The van der Waals surface area contributed by atoms with E-state index in [1.807, 2.05) is 6.92 Å². The Morgan fingerprint density at radius 2 is 1.91 bits per heavy atom. The molecule has 0 spiro atoms. The van der Waals surface area contributed by atoms with E-state index in [2.05, 4.69) is 5.32 Å². The minimum Gasteiger partial charge on any atom is -0.462 e. The first-order valence-corrected chi connectivity index (χ1v) is 7.25. The Labute approximate surface area is 128 Å². The maximum atomic E-state index is 11.8. The van der Waals surface area contributed by atoms with E-state index >= 15 is 0 Å². The molecule has 0 heterocycles. The van der Waals surface area contributed by atoms with E-state index in [4.69, 9.17) is 9.47 Å². The number of ether oxygens (including phenoxy) is 2. The van der Waals surface area contributed by atoms with Gasteiger partial charge in [-0.2, -0.15) is 0 Å². The summed E-state index contributed by atoms with van der Waals surface area (Å²) in [5.41, 5.74) is 0.599. The summed E-state index contributed by atoms with van der Waals surface area (Å²) in [5, 5.41) is 2.56. The largest absolute Gasteiger partial charge is 0.462 e. The Morgan fingerprint density at radius 1 is 1.23 bits per heavy atom. The molecule has 0 unspecified atom stereocenters. The number of benzene rings is 1. The highest BCUT2D eigenvalue weighted by molar-refractivity contribution is 6.01. The zero-order valence-corrected chi connectivity index (χ0v) is 12.6. The fourth-order valence-electron chi connectivity index (χ4n) is 2.06. The number of rotatable bonds is 6. The van der Waals surface area contributed by atoms with Crippen molar-refractivity contribution in [3.05, 3.63) is 29.8 Å². The van der Waals surface area contributed by atoms with Crippen molar-refractivity contribution in [3.8, 4) is 0 Å². The summed E-state index contributed by atoms with van der Waals surface area (Å²) in [7, 11) is 0. The topological polar surface area (TPSA) is 81.7 Å². The fraction of sp³-hybridized carbons (Fsp3) is 0.438. The average molecular weight is 305 g/mol. The molecule has 1 fully saturated rings. The van der Waals surface area contributed by atoms with Gasteiger partial charge in [-0.15, -0.1) is 0 Å². The molecule has 1 aliphatic carbocycles. The summed E-state index contributed by atoms with van der Waals surface area (Å²) in [6.07, 6.45) is 0.812. The van der Waals surface area contributed by atoms with Crippen molar-refractivity contribution < 1.29 is 23.9 Å². The van der Waals surface area contributed by atoms with E-state index in [1.54, 1.807) is 31.2 Å². The molecule has 2 rings (SSSR count). The van der Waals surface area contributed by atoms with Gasteiger partial charge in [-0.05, 0) is 31.4 Å². The van der Waals surface area contributed by atoms with Crippen molar-refractivity contribution in [1.29, 1.82) is 0 Å². The van der Waals surface area contributed by atoms with Gasteiger partial charge in [0.25, 0.3) is 5.91 Å². The predicted molar refractivity (Wildman–Crippen MR) is 79.3 cm³/mol. The van der Waals surface area contributed by atoms with Gasteiger partial charge in [-0.1, -0.05) is 19.1 Å². The van der Waals surface area contributed by atoms with E-state index < -0.39 is 11.9 Å². The lowest BCUT2D eigenvalue weighted by Gasteiger charge is -2.10. The van der Waals surface area contributed by atoms with Gasteiger partial charge >= 0.3 is 11.9 Å². The molecule has 6 heteroatoms. The average Bonchev–Trinajstić information content (AvgIpc) is 3.22. The molecule has 2 atom stereocenters. The van der Waals surface area contributed by atoms with Crippen molar-refractivity contribution in [1.82, 2.24) is 0 Å². The first kappa shape index (κ1) is 16.0. The number of amides is 1. The van der Waals surface area contributed by atoms with Crippen molar-refractivity contribution >= 4 is 23.5 Å².